The molecule has 1 aliphatic rings. The molecule has 106 valence electrons. The molecule has 10 heteroatoms. The number of nitrogens with one attached hydrogen (secondary N) is 2. The van der Waals surface area contributed by atoms with Gasteiger partial charge in [-0.3, -0.25) is 9.35 Å². The highest BCUT2D eigenvalue weighted by Gasteiger charge is 2.38. The van der Waals surface area contributed by atoms with E-state index in [9.17, 15) is 23.4 Å². The summed E-state index contributed by atoms with van der Waals surface area (Å²) in [5.41, 5.74) is 0. The van der Waals surface area contributed by atoms with Crippen LogP contribution in [0.5, 0.6) is 0 Å². The summed E-state index contributed by atoms with van der Waals surface area (Å²) in [6.45, 7) is 0.883. The van der Waals surface area contributed by atoms with Gasteiger partial charge in [0, 0.05) is 13.5 Å². The molecule has 0 aromatic rings. The summed E-state index contributed by atoms with van der Waals surface area (Å²) in [6, 6.07) is -1.55. The predicted octanol–water partition coefficient (Wildman–Crippen LogP) is -3.00. The number of aliphatic hydroxyl groups excluding tert-OH is 2. The molecule has 1 saturated heterocycles. The quantitative estimate of drug-likeness (QED) is 0.343. The van der Waals surface area contributed by atoms with Crippen LogP contribution in [-0.2, 0) is 19.4 Å². The lowest BCUT2D eigenvalue weighted by Gasteiger charge is -2.38. The van der Waals surface area contributed by atoms with Gasteiger partial charge in [0.15, 0.2) is 0 Å². The summed E-state index contributed by atoms with van der Waals surface area (Å²) in [5.74, 6) is -0.360. The van der Waals surface area contributed by atoms with E-state index in [-0.39, 0.29) is 12.5 Å². The zero-order valence-corrected chi connectivity index (χ0v) is 10.4. The molecule has 0 unspecified atom stereocenters. The third-order valence-corrected chi connectivity index (χ3v) is 2.99. The number of hydrogen-bond donors (Lipinski definition) is 5. The summed E-state index contributed by atoms with van der Waals surface area (Å²) < 4.78 is 33.3. The molecule has 0 radical (unpaired) electrons. The second kappa shape index (κ2) is 5.91. The average molecular weight is 284 g/mol. The van der Waals surface area contributed by atoms with Crippen LogP contribution >= 0.6 is 0 Å². The smallest absolute Gasteiger partial charge is 0.389 e. The molecule has 1 aliphatic heterocycles. The van der Waals surface area contributed by atoms with E-state index in [0.717, 1.165) is 0 Å². The van der Waals surface area contributed by atoms with Crippen LogP contribution in [0.4, 0.5) is 0 Å². The summed E-state index contributed by atoms with van der Waals surface area (Å²) in [6.07, 6.45) is -2.59. The van der Waals surface area contributed by atoms with E-state index in [2.05, 4.69) is 14.8 Å². The lowest BCUT2D eigenvalue weighted by Crippen LogP contribution is -2.65. The van der Waals surface area contributed by atoms with Crippen molar-refractivity contribution in [3.8, 4) is 0 Å². The van der Waals surface area contributed by atoms with Crippen molar-refractivity contribution in [2.75, 3.05) is 13.2 Å². The number of carbonyl (C=O) groups is 1. The molecule has 0 aliphatic carbocycles. The predicted molar refractivity (Wildman–Crippen MR) is 58.9 cm³/mol. The molecule has 0 spiro atoms. The summed E-state index contributed by atoms with van der Waals surface area (Å²) in [4.78, 5) is 10.8. The van der Waals surface area contributed by atoms with E-state index in [1.54, 1.807) is 0 Å². The second-order valence-corrected chi connectivity index (χ2v) is 5.11. The van der Waals surface area contributed by atoms with Crippen molar-refractivity contribution in [1.82, 2.24) is 10.6 Å². The molecule has 1 rings (SSSR count). The molecule has 1 amide bonds. The molecular weight excluding hydrogens is 268 g/mol. The first-order valence-corrected chi connectivity index (χ1v) is 6.55. The van der Waals surface area contributed by atoms with Gasteiger partial charge < -0.3 is 20.8 Å². The highest BCUT2D eigenvalue weighted by atomic mass is 32.3. The van der Waals surface area contributed by atoms with Gasteiger partial charge in [-0.25, -0.2) is 4.18 Å². The molecule has 0 saturated carbocycles. The fourth-order valence-corrected chi connectivity index (χ4v) is 2.03. The maximum Gasteiger partial charge on any atom is 0.397 e. The molecule has 1 heterocycles. The molecule has 0 aromatic heterocycles. The number of amides is 1. The van der Waals surface area contributed by atoms with Crippen molar-refractivity contribution in [2.24, 2.45) is 0 Å². The zero-order chi connectivity index (χ0) is 13.9. The van der Waals surface area contributed by atoms with Crippen LogP contribution in [0.15, 0.2) is 0 Å². The first kappa shape index (κ1) is 15.3. The van der Waals surface area contributed by atoms with Crippen LogP contribution in [0.2, 0.25) is 0 Å². The van der Waals surface area contributed by atoms with Gasteiger partial charge in [0.2, 0.25) is 5.91 Å². The van der Waals surface area contributed by atoms with Crippen molar-refractivity contribution >= 4 is 16.3 Å². The monoisotopic (exact) mass is 284 g/mol. The fourth-order valence-electron chi connectivity index (χ4n) is 1.71. The van der Waals surface area contributed by atoms with Crippen LogP contribution in [0, 0.1) is 0 Å². The SMILES string of the molecule is CC(=O)N[C@H]1CN[C@H](COS(=O)(=O)O)[C@H](O)[C@@H]1O. The maximum atomic E-state index is 10.8. The van der Waals surface area contributed by atoms with Crippen LogP contribution in [0.3, 0.4) is 0 Å². The van der Waals surface area contributed by atoms with Crippen molar-refractivity contribution in [3.05, 3.63) is 0 Å². The average Bonchev–Trinajstić information content (AvgIpc) is 2.22. The normalized spacial score (nSPS) is 33.1. The minimum atomic E-state index is -4.60. The molecular formula is C8H16N2O7S. The summed E-state index contributed by atoms with van der Waals surface area (Å²) >= 11 is 0. The molecule has 0 aromatic carbocycles. The van der Waals surface area contributed by atoms with E-state index in [1.807, 2.05) is 0 Å². The Bertz CT molecular complexity index is 398. The topological polar surface area (TPSA) is 145 Å². The third-order valence-electron chi connectivity index (χ3n) is 2.56. The molecule has 1 fully saturated rings. The van der Waals surface area contributed by atoms with Gasteiger partial charge in [-0.15, -0.1) is 0 Å². The minimum absolute atomic E-state index is 0.136. The van der Waals surface area contributed by atoms with E-state index in [4.69, 9.17) is 4.55 Å². The Morgan fingerprint density at radius 1 is 1.44 bits per heavy atom. The van der Waals surface area contributed by atoms with Gasteiger partial charge in [0.25, 0.3) is 0 Å². The van der Waals surface area contributed by atoms with Crippen molar-refractivity contribution in [3.63, 3.8) is 0 Å². The second-order valence-electron chi connectivity index (χ2n) is 4.02. The highest BCUT2D eigenvalue weighted by Crippen LogP contribution is 2.11. The van der Waals surface area contributed by atoms with Crippen molar-refractivity contribution < 1.29 is 32.2 Å². The van der Waals surface area contributed by atoms with Crippen LogP contribution in [0.25, 0.3) is 0 Å². The minimum Gasteiger partial charge on any atom is -0.389 e. The Labute approximate surface area is 104 Å². The van der Waals surface area contributed by atoms with Gasteiger partial charge in [-0.2, -0.15) is 8.42 Å². The lowest BCUT2D eigenvalue weighted by atomic mass is 9.94. The molecule has 9 nitrogen and oxygen atoms in total. The highest BCUT2D eigenvalue weighted by molar-refractivity contribution is 7.80. The number of aliphatic hydroxyl groups is 2. The van der Waals surface area contributed by atoms with Crippen LogP contribution < -0.4 is 10.6 Å². The Kier molecular flexibility index (Phi) is 5.01. The molecule has 18 heavy (non-hydrogen) atoms. The van der Waals surface area contributed by atoms with Gasteiger partial charge in [0.05, 0.1) is 24.8 Å². The Hall–Kier alpha value is -0.780. The van der Waals surface area contributed by atoms with Crippen molar-refractivity contribution in [1.29, 1.82) is 0 Å². The fraction of sp³-hybridized carbons (Fsp3) is 0.875. The number of carbonyl (C=O) groups excluding carboxylic acids is 1. The summed E-state index contributed by atoms with van der Waals surface area (Å²) in [5, 5.41) is 24.5. The number of hydrogen-bond acceptors (Lipinski definition) is 7. The molecule has 5 N–H and O–H groups in total. The van der Waals surface area contributed by atoms with Gasteiger partial charge in [0.1, 0.15) is 6.10 Å². The van der Waals surface area contributed by atoms with E-state index in [0.29, 0.717) is 0 Å². The number of piperidine rings is 1. The lowest BCUT2D eigenvalue weighted by molar-refractivity contribution is -0.122. The van der Waals surface area contributed by atoms with E-state index >= 15 is 0 Å². The Morgan fingerprint density at radius 3 is 2.56 bits per heavy atom. The molecule has 0 bridgehead atoms. The third kappa shape index (κ3) is 4.48. The van der Waals surface area contributed by atoms with E-state index < -0.39 is 41.3 Å². The largest absolute Gasteiger partial charge is 0.397 e. The zero-order valence-electron chi connectivity index (χ0n) is 9.61. The Balaban J connectivity index is 2.55. The van der Waals surface area contributed by atoms with E-state index in [1.165, 1.54) is 6.92 Å². The van der Waals surface area contributed by atoms with Gasteiger partial charge >= 0.3 is 10.4 Å². The van der Waals surface area contributed by atoms with Crippen LogP contribution in [0.1, 0.15) is 6.92 Å². The molecule has 4 atom stereocenters. The van der Waals surface area contributed by atoms with Crippen molar-refractivity contribution in [2.45, 2.75) is 31.2 Å². The standard InChI is InChI=1S/C8H16N2O7S/c1-4(11)10-5-2-9-6(8(13)7(5)12)3-17-18(14,15)16/h5-9,12-13H,2-3H2,1H3,(H,10,11)(H,14,15,16)/t5-,6+,7+,8-/m0/s1. The first-order valence-electron chi connectivity index (χ1n) is 5.19. The first-order chi connectivity index (χ1) is 8.20. The number of rotatable bonds is 4. The maximum absolute atomic E-state index is 10.8. The van der Waals surface area contributed by atoms with Crippen LogP contribution in [-0.4, -0.2) is 66.5 Å². The van der Waals surface area contributed by atoms with Gasteiger partial charge in [-0.1, -0.05) is 0 Å². The van der Waals surface area contributed by atoms with Gasteiger partial charge in [-0.05, 0) is 0 Å². The summed E-state index contributed by atoms with van der Waals surface area (Å²) in [7, 11) is -4.60. The Morgan fingerprint density at radius 2 is 2.06 bits per heavy atom.